The standard InChI is InChI=1S/C30H31F3N6O3/c31-30(32,33)26-11-10-21(16-36-26)37-29(41)28(35-13-14-39-17-23-15-22(39)18-42-23)20-8-5-19(6-9-20)7-12-27(40)38-25-4-2-1-3-24(25)34/h1-12,16,22-23,28,35H,13-15,17-18,34H2,(H,37,41)(H,38,40)/b12-7+/t22?,23?,28-/m0/s1. The first kappa shape index (κ1) is 29.2. The summed E-state index contributed by atoms with van der Waals surface area (Å²) in [5.74, 6) is -0.784. The Hall–Kier alpha value is -4.26. The summed E-state index contributed by atoms with van der Waals surface area (Å²) in [4.78, 5) is 31.4. The molecule has 2 amide bonds. The van der Waals surface area contributed by atoms with E-state index in [2.05, 4.69) is 25.8 Å². The number of pyridine rings is 1. The van der Waals surface area contributed by atoms with E-state index in [1.165, 1.54) is 12.1 Å². The minimum atomic E-state index is -4.57. The van der Waals surface area contributed by atoms with Gasteiger partial charge < -0.3 is 26.4 Å². The van der Waals surface area contributed by atoms with Gasteiger partial charge in [0, 0.05) is 31.8 Å². The molecule has 12 heteroatoms. The topological polar surface area (TPSA) is 122 Å². The molecular weight excluding hydrogens is 549 g/mol. The van der Waals surface area contributed by atoms with E-state index in [-0.39, 0.29) is 17.7 Å². The number of carbonyl (C=O) groups excluding carboxylic acids is 2. The number of aromatic nitrogens is 1. The molecule has 2 unspecified atom stereocenters. The number of alkyl halides is 3. The largest absolute Gasteiger partial charge is 0.433 e. The zero-order valence-electron chi connectivity index (χ0n) is 22.6. The number of morpholine rings is 1. The normalized spacial score (nSPS) is 19.2. The highest BCUT2D eigenvalue weighted by Crippen LogP contribution is 2.29. The molecule has 9 nitrogen and oxygen atoms in total. The maximum Gasteiger partial charge on any atom is 0.433 e. The van der Waals surface area contributed by atoms with Crippen molar-refractivity contribution in [3.05, 3.63) is 89.8 Å². The predicted octanol–water partition coefficient (Wildman–Crippen LogP) is 4.08. The van der Waals surface area contributed by atoms with Crippen LogP contribution in [-0.2, 0) is 20.5 Å². The highest BCUT2D eigenvalue weighted by Gasteiger charge is 2.38. The number of rotatable bonds is 10. The summed E-state index contributed by atoms with van der Waals surface area (Å²) >= 11 is 0. The Morgan fingerprint density at radius 1 is 1.10 bits per heavy atom. The number of carbonyl (C=O) groups is 2. The lowest BCUT2D eigenvalue weighted by molar-refractivity contribution is -0.141. The minimum Gasteiger partial charge on any atom is -0.397 e. The maximum atomic E-state index is 13.3. The van der Waals surface area contributed by atoms with E-state index in [4.69, 9.17) is 10.5 Å². The number of benzene rings is 2. The van der Waals surface area contributed by atoms with Crippen LogP contribution in [-0.4, -0.2) is 60.1 Å². The van der Waals surface area contributed by atoms with E-state index in [0.717, 1.165) is 37.3 Å². The van der Waals surface area contributed by atoms with Crippen LogP contribution in [0.25, 0.3) is 6.08 Å². The Morgan fingerprint density at radius 3 is 2.52 bits per heavy atom. The van der Waals surface area contributed by atoms with E-state index < -0.39 is 23.8 Å². The van der Waals surface area contributed by atoms with Crippen molar-refractivity contribution in [2.45, 2.75) is 30.8 Å². The minimum absolute atomic E-state index is 0.151. The van der Waals surface area contributed by atoms with Gasteiger partial charge in [0.05, 0.1) is 36.0 Å². The summed E-state index contributed by atoms with van der Waals surface area (Å²) in [5, 5.41) is 8.68. The SMILES string of the molecule is Nc1ccccc1NC(=O)/C=C/c1ccc([C@H](NCCN2CC3CC2CO3)C(=O)Nc2ccc(C(F)(F)F)nc2)cc1. The lowest BCUT2D eigenvalue weighted by atomic mass is 10.0. The Kier molecular flexibility index (Phi) is 8.86. The van der Waals surface area contributed by atoms with Crippen molar-refractivity contribution < 1.29 is 27.5 Å². The van der Waals surface area contributed by atoms with Crippen LogP contribution in [0.2, 0.25) is 0 Å². The van der Waals surface area contributed by atoms with E-state index in [9.17, 15) is 22.8 Å². The lowest BCUT2D eigenvalue weighted by Gasteiger charge is -2.27. The van der Waals surface area contributed by atoms with Gasteiger partial charge in [-0.3, -0.25) is 14.5 Å². The Balaban J connectivity index is 1.25. The molecule has 0 radical (unpaired) electrons. The van der Waals surface area contributed by atoms with E-state index in [1.807, 2.05) is 0 Å². The molecule has 0 spiro atoms. The lowest BCUT2D eigenvalue weighted by Crippen LogP contribution is -2.43. The third kappa shape index (κ3) is 7.32. The van der Waals surface area contributed by atoms with Crippen molar-refractivity contribution >= 4 is 35.0 Å². The summed E-state index contributed by atoms with van der Waals surface area (Å²) in [6.07, 6.45) is 0.707. The first-order valence-electron chi connectivity index (χ1n) is 13.5. The number of halogens is 3. The monoisotopic (exact) mass is 580 g/mol. The van der Waals surface area contributed by atoms with Crippen LogP contribution < -0.4 is 21.7 Å². The summed E-state index contributed by atoms with van der Waals surface area (Å²) in [7, 11) is 0. The number of hydrogen-bond acceptors (Lipinski definition) is 7. The van der Waals surface area contributed by atoms with Gasteiger partial charge in [0.1, 0.15) is 11.7 Å². The van der Waals surface area contributed by atoms with Gasteiger partial charge >= 0.3 is 6.18 Å². The summed E-state index contributed by atoms with van der Waals surface area (Å²) in [6, 6.07) is 15.6. The summed E-state index contributed by atoms with van der Waals surface area (Å²) < 4.78 is 44.3. The highest BCUT2D eigenvalue weighted by atomic mass is 19.4. The number of nitrogens with one attached hydrogen (secondary N) is 3. The molecule has 3 aromatic rings. The molecule has 220 valence electrons. The predicted molar refractivity (Wildman–Crippen MR) is 153 cm³/mol. The van der Waals surface area contributed by atoms with Crippen LogP contribution in [0.4, 0.5) is 30.2 Å². The third-order valence-corrected chi connectivity index (χ3v) is 7.26. The van der Waals surface area contributed by atoms with Crippen LogP contribution in [0.1, 0.15) is 29.3 Å². The van der Waals surface area contributed by atoms with Gasteiger partial charge in [0.2, 0.25) is 11.8 Å². The zero-order valence-corrected chi connectivity index (χ0v) is 22.6. The molecule has 5 N–H and O–H groups in total. The van der Waals surface area contributed by atoms with Crippen molar-refractivity contribution in [3.63, 3.8) is 0 Å². The fourth-order valence-corrected chi connectivity index (χ4v) is 5.07. The molecule has 2 aliphatic heterocycles. The quantitative estimate of drug-likeness (QED) is 0.211. The zero-order chi connectivity index (χ0) is 29.7. The van der Waals surface area contributed by atoms with Crippen LogP contribution >= 0.6 is 0 Å². The number of nitrogen functional groups attached to an aromatic ring is 1. The first-order valence-corrected chi connectivity index (χ1v) is 13.5. The van der Waals surface area contributed by atoms with E-state index in [0.29, 0.717) is 36.1 Å². The van der Waals surface area contributed by atoms with Crippen molar-refractivity contribution in [3.8, 4) is 0 Å². The smallest absolute Gasteiger partial charge is 0.397 e. The number of para-hydroxylation sites is 2. The Labute approximate surface area is 240 Å². The van der Waals surface area contributed by atoms with Crippen LogP contribution in [0, 0.1) is 0 Å². The molecule has 0 aliphatic carbocycles. The van der Waals surface area contributed by atoms with Gasteiger partial charge in [-0.25, -0.2) is 4.98 Å². The average molecular weight is 581 g/mol. The molecule has 2 saturated heterocycles. The molecular formula is C30H31F3N6O3. The summed E-state index contributed by atoms with van der Waals surface area (Å²) in [5.41, 5.74) is 7.33. The number of nitrogens with two attached hydrogens (primary N) is 1. The van der Waals surface area contributed by atoms with Gasteiger partial charge in [0.25, 0.3) is 0 Å². The van der Waals surface area contributed by atoms with Crippen molar-refractivity contribution in [2.75, 3.05) is 42.6 Å². The number of ether oxygens (including phenoxy) is 1. The maximum absolute atomic E-state index is 13.3. The number of likely N-dealkylation sites (tertiary alicyclic amines) is 1. The molecule has 5 rings (SSSR count). The molecule has 0 saturated carbocycles. The molecule has 1 aromatic heterocycles. The molecule has 3 heterocycles. The Morgan fingerprint density at radius 2 is 1.88 bits per heavy atom. The highest BCUT2D eigenvalue weighted by molar-refractivity contribution is 6.03. The third-order valence-electron chi connectivity index (χ3n) is 7.26. The average Bonchev–Trinajstić information content (AvgIpc) is 3.59. The molecule has 2 fully saturated rings. The first-order chi connectivity index (χ1) is 20.2. The number of nitrogens with zero attached hydrogens (tertiary/aromatic N) is 2. The Bertz CT molecular complexity index is 1430. The second-order valence-electron chi connectivity index (χ2n) is 10.2. The fraction of sp³-hybridized carbons (Fsp3) is 0.300. The molecule has 3 atom stereocenters. The number of anilines is 3. The van der Waals surface area contributed by atoms with Gasteiger partial charge in [-0.05, 0) is 47.9 Å². The molecule has 2 aliphatic rings. The van der Waals surface area contributed by atoms with Gasteiger partial charge in [-0.1, -0.05) is 36.4 Å². The summed E-state index contributed by atoms with van der Waals surface area (Å²) in [6.45, 7) is 2.79. The van der Waals surface area contributed by atoms with Crippen LogP contribution in [0.15, 0.2) is 72.9 Å². The molecule has 2 aromatic carbocycles. The fourth-order valence-electron chi connectivity index (χ4n) is 5.07. The van der Waals surface area contributed by atoms with Gasteiger partial charge in [-0.2, -0.15) is 13.2 Å². The van der Waals surface area contributed by atoms with Crippen molar-refractivity contribution in [2.24, 2.45) is 0 Å². The number of amides is 2. The second-order valence-corrected chi connectivity index (χ2v) is 10.2. The number of fused-ring (bicyclic) bond motifs is 2. The molecule has 42 heavy (non-hydrogen) atoms. The van der Waals surface area contributed by atoms with Crippen LogP contribution in [0.5, 0.6) is 0 Å². The second kappa shape index (κ2) is 12.7. The van der Waals surface area contributed by atoms with Crippen LogP contribution in [0.3, 0.4) is 0 Å². The molecule has 2 bridgehead atoms. The van der Waals surface area contributed by atoms with E-state index in [1.54, 1.807) is 54.6 Å². The number of hydrogen-bond donors (Lipinski definition) is 4. The van der Waals surface area contributed by atoms with Gasteiger partial charge in [-0.15, -0.1) is 0 Å². The van der Waals surface area contributed by atoms with Crippen molar-refractivity contribution in [1.29, 1.82) is 0 Å². The van der Waals surface area contributed by atoms with Gasteiger partial charge in [0.15, 0.2) is 0 Å². The van der Waals surface area contributed by atoms with Crippen molar-refractivity contribution in [1.82, 2.24) is 15.2 Å². The van der Waals surface area contributed by atoms with E-state index >= 15 is 0 Å².